The molecule has 0 aromatic heterocycles. The molecule has 1 N–H and O–H groups in total. The standard InChI is InChI=1S/C10H9FN2/c11-10-3-7(9-5-13-6-9)1-2-8(10)4-12/h1-3,9,13H,5-6H2. The molecule has 1 heterocycles. The highest BCUT2D eigenvalue weighted by Gasteiger charge is 2.19. The van der Waals surface area contributed by atoms with E-state index in [0.717, 1.165) is 18.7 Å². The smallest absolute Gasteiger partial charge is 0.141 e. The van der Waals surface area contributed by atoms with Crippen molar-refractivity contribution in [2.75, 3.05) is 13.1 Å². The lowest BCUT2D eigenvalue weighted by Gasteiger charge is -2.27. The number of benzene rings is 1. The average molecular weight is 176 g/mol. The summed E-state index contributed by atoms with van der Waals surface area (Å²) >= 11 is 0. The Morgan fingerprint density at radius 1 is 1.46 bits per heavy atom. The van der Waals surface area contributed by atoms with E-state index in [1.165, 1.54) is 6.07 Å². The second-order valence-electron chi connectivity index (χ2n) is 3.21. The fraction of sp³-hybridized carbons (Fsp3) is 0.300. The maximum atomic E-state index is 13.1. The quantitative estimate of drug-likeness (QED) is 0.701. The molecule has 0 bridgehead atoms. The average Bonchev–Trinajstić information content (AvgIpc) is 2.01. The molecule has 3 heteroatoms. The van der Waals surface area contributed by atoms with Crippen LogP contribution in [0.1, 0.15) is 17.0 Å². The van der Waals surface area contributed by atoms with Crippen LogP contribution in [0.5, 0.6) is 0 Å². The number of nitriles is 1. The van der Waals surface area contributed by atoms with Gasteiger partial charge in [-0.15, -0.1) is 0 Å². The Balaban J connectivity index is 2.30. The van der Waals surface area contributed by atoms with Gasteiger partial charge in [0.1, 0.15) is 11.9 Å². The fourth-order valence-corrected chi connectivity index (χ4v) is 1.40. The van der Waals surface area contributed by atoms with Crippen molar-refractivity contribution in [1.29, 1.82) is 5.26 Å². The lowest BCUT2D eigenvalue weighted by Crippen LogP contribution is -2.39. The van der Waals surface area contributed by atoms with Crippen molar-refractivity contribution < 1.29 is 4.39 Å². The summed E-state index contributed by atoms with van der Waals surface area (Å²) in [5.41, 5.74) is 1.10. The zero-order valence-corrected chi connectivity index (χ0v) is 7.05. The predicted molar refractivity (Wildman–Crippen MR) is 46.7 cm³/mol. The molecule has 66 valence electrons. The van der Waals surface area contributed by atoms with E-state index in [4.69, 9.17) is 5.26 Å². The highest BCUT2D eigenvalue weighted by molar-refractivity contribution is 5.35. The fourth-order valence-electron chi connectivity index (χ4n) is 1.40. The summed E-state index contributed by atoms with van der Waals surface area (Å²) in [5, 5.41) is 11.6. The third kappa shape index (κ3) is 1.41. The second kappa shape index (κ2) is 3.15. The lowest BCUT2D eigenvalue weighted by atomic mass is 9.93. The van der Waals surface area contributed by atoms with E-state index < -0.39 is 5.82 Å². The molecule has 0 unspecified atom stereocenters. The zero-order chi connectivity index (χ0) is 9.26. The molecule has 0 saturated carbocycles. The van der Waals surface area contributed by atoms with E-state index in [1.54, 1.807) is 12.1 Å². The Hall–Kier alpha value is -1.40. The van der Waals surface area contributed by atoms with Gasteiger partial charge in [-0.3, -0.25) is 0 Å². The normalized spacial score (nSPS) is 16.3. The molecular formula is C10H9FN2. The monoisotopic (exact) mass is 176 g/mol. The van der Waals surface area contributed by atoms with Gasteiger partial charge < -0.3 is 5.32 Å². The van der Waals surface area contributed by atoms with Crippen molar-refractivity contribution >= 4 is 0 Å². The van der Waals surface area contributed by atoms with E-state index in [0.29, 0.717) is 5.92 Å². The van der Waals surface area contributed by atoms with Gasteiger partial charge >= 0.3 is 0 Å². The Labute approximate surface area is 76.0 Å². The highest BCUT2D eigenvalue weighted by atomic mass is 19.1. The number of rotatable bonds is 1. The minimum absolute atomic E-state index is 0.121. The van der Waals surface area contributed by atoms with E-state index in [1.807, 2.05) is 6.07 Å². The molecule has 1 fully saturated rings. The maximum absolute atomic E-state index is 13.1. The first-order valence-electron chi connectivity index (χ1n) is 4.21. The molecule has 13 heavy (non-hydrogen) atoms. The van der Waals surface area contributed by atoms with Gasteiger partial charge in [-0.1, -0.05) is 6.07 Å². The van der Waals surface area contributed by atoms with Crippen LogP contribution in [0.15, 0.2) is 18.2 Å². The number of nitrogens with one attached hydrogen (secondary N) is 1. The first kappa shape index (κ1) is 8.21. The molecule has 0 amide bonds. The molecular weight excluding hydrogens is 167 g/mol. The molecule has 1 aliphatic heterocycles. The van der Waals surface area contributed by atoms with E-state index in [2.05, 4.69) is 5.32 Å². The van der Waals surface area contributed by atoms with Crippen LogP contribution in [-0.2, 0) is 0 Å². The molecule has 0 atom stereocenters. The molecule has 0 spiro atoms. The molecule has 0 radical (unpaired) electrons. The van der Waals surface area contributed by atoms with Crippen LogP contribution in [0.25, 0.3) is 0 Å². The summed E-state index contributed by atoms with van der Waals surface area (Å²) in [6.45, 7) is 1.82. The van der Waals surface area contributed by atoms with Gasteiger partial charge in [-0.05, 0) is 17.7 Å². The molecule has 1 saturated heterocycles. The van der Waals surface area contributed by atoms with Crippen LogP contribution >= 0.6 is 0 Å². The van der Waals surface area contributed by atoms with Crippen molar-refractivity contribution in [3.63, 3.8) is 0 Å². The minimum atomic E-state index is -0.410. The van der Waals surface area contributed by atoms with E-state index in [-0.39, 0.29) is 5.56 Å². The molecule has 1 aromatic carbocycles. The molecule has 0 aliphatic carbocycles. The van der Waals surface area contributed by atoms with Crippen molar-refractivity contribution in [1.82, 2.24) is 5.32 Å². The minimum Gasteiger partial charge on any atom is -0.315 e. The van der Waals surface area contributed by atoms with Crippen LogP contribution in [0, 0.1) is 17.1 Å². The number of hydrogen-bond acceptors (Lipinski definition) is 2. The van der Waals surface area contributed by atoms with Gasteiger partial charge in [0.25, 0.3) is 0 Å². The third-order valence-corrected chi connectivity index (χ3v) is 2.37. The predicted octanol–water partition coefficient (Wildman–Crippen LogP) is 1.38. The third-order valence-electron chi connectivity index (χ3n) is 2.37. The van der Waals surface area contributed by atoms with Gasteiger partial charge in [0.05, 0.1) is 5.56 Å². The Kier molecular flexibility index (Phi) is 1.99. The van der Waals surface area contributed by atoms with Crippen LogP contribution in [0.3, 0.4) is 0 Å². The van der Waals surface area contributed by atoms with Crippen LogP contribution in [0.4, 0.5) is 4.39 Å². The maximum Gasteiger partial charge on any atom is 0.141 e. The summed E-state index contributed by atoms with van der Waals surface area (Å²) in [7, 11) is 0. The zero-order valence-electron chi connectivity index (χ0n) is 7.05. The molecule has 2 nitrogen and oxygen atoms in total. The van der Waals surface area contributed by atoms with Crippen molar-refractivity contribution in [2.24, 2.45) is 0 Å². The van der Waals surface area contributed by atoms with Gasteiger partial charge in [0.2, 0.25) is 0 Å². The number of halogens is 1. The van der Waals surface area contributed by atoms with Crippen molar-refractivity contribution in [3.05, 3.63) is 35.1 Å². The highest BCUT2D eigenvalue weighted by Crippen LogP contribution is 2.21. The van der Waals surface area contributed by atoms with E-state index >= 15 is 0 Å². The van der Waals surface area contributed by atoms with Gasteiger partial charge in [0, 0.05) is 19.0 Å². The molecule has 1 aliphatic rings. The largest absolute Gasteiger partial charge is 0.315 e. The number of hydrogen-bond donors (Lipinski definition) is 1. The Morgan fingerprint density at radius 3 is 2.69 bits per heavy atom. The van der Waals surface area contributed by atoms with Crippen LogP contribution in [0.2, 0.25) is 0 Å². The summed E-state index contributed by atoms with van der Waals surface area (Å²) in [5.74, 6) is 0.00847. The first-order chi connectivity index (χ1) is 6.31. The van der Waals surface area contributed by atoms with Gasteiger partial charge in [0.15, 0.2) is 0 Å². The Morgan fingerprint density at radius 2 is 2.23 bits per heavy atom. The van der Waals surface area contributed by atoms with Gasteiger partial charge in [-0.2, -0.15) is 5.26 Å². The van der Waals surface area contributed by atoms with Crippen LogP contribution in [-0.4, -0.2) is 13.1 Å². The topological polar surface area (TPSA) is 35.8 Å². The lowest BCUT2D eigenvalue weighted by molar-refractivity contribution is 0.446. The summed E-state index contributed by atoms with van der Waals surface area (Å²) in [4.78, 5) is 0. The summed E-state index contributed by atoms with van der Waals surface area (Å²) in [6.07, 6.45) is 0. The molecule has 1 aromatic rings. The van der Waals surface area contributed by atoms with E-state index in [9.17, 15) is 4.39 Å². The number of nitrogens with zero attached hydrogens (tertiary/aromatic N) is 1. The first-order valence-corrected chi connectivity index (χ1v) is 4.21. The summed E-state index contributed by atoms with van der Waals surface area (Å²) in [6, 6.07) is 6.64. The second-order valence-corrected chi connectivity index (χ2v) is 3.21. The van der Waals surface area contributed by atoms with Crippen LogP contribution < -0.4 is 5.32 Å². The van der Waals surface area contributed by atoms with Crippen molar-refractivity contribution in [3.8, 4) is 6.07 Å². The molecule has 2 rings (SSSR count). The summed E-state index contributed by atoms with van der Waals surface area (Å²) < 4.78 is 13.1. The Bertz CT molecular complexity index is 364. The van der Waals surface area contributed by atoms with Gasteiger partial charge in [-0.25, -0.2) is 4.39 Å². The van der Waals surface area contributed by atoms with Crippen molar-refractivity contribution in [2.45, 2.75) is 5.92 Å². The SMILES string of the molecule is N#Cc1ccc(C2CNC2)cc1F.